The fraction of sp³-hybridized carbons (Fsp3) is 0.850. The third-order valence-corrected chi connectivity index (χ3v) is 11.3. The zero-order valence-electron chi connectivity index (χ0n) is 34.9. The molecule has 0 heterocycles. The van der Waals surface area contributed by atoms with E-state index in [-0.39, 0.29) is 31.1 Å². The zero-order chi connectivity index (χ0) is 43.4. The van der Waals surface area contributed by atoms with Crippen molar-refractivity contribution in [1.29, 1.82) is 0 Å². The molecule has 1 unspecified atom stereocenters. The van der Waals surface area contributed by atoms with Crippen LogP contribution >= 0.6 is 15.6 Å². The van der Waals surface area contributed by atoms with E-state index in [1.807, 2.05) is 0 Å². The molecule has 0 aromatic carbocycles. The Labute approximate surface area is 345 Å². The minimum atomic E-state index is -4.90. The minimum absolute atomic E-state index is 0.131. The van der Waals surface area contributed by atoms with E-state index in [9.17, 15) is 44.0 Å². The Bertz CT molecular complexity index is 1260. The van der Waals surface area contributed by atoms with Gasteiger partial charge in [0.05, 0.1) is 44.6 Å². The van der Waals surface area contributed by atoms with E-state index in [4.69, 9.17) is 23.8 Å². The van der Waals surface area contributed by atoms with Crippen LogP contribution in [0.2, 0.25) is 0 Å². The average molecular weight is 873 g/mol. The van der Waals surface area contributed by atoms with Crippen LogP contribution in [0.15, 0.2) is 24.3 Å². The van der Waals surface area contributed by atoms with Crippen LogP contribution in [0.4, 0.5) is 0 Å². The molecule has 0 aliphatic heterocycles. The number of carbonyl (C=O) groups is 2. The highest BCUT2D eigenvalue weighted by Gasteiger charge is 2.39. The number of hydrogen-bond acceptors (Lipinski definition) is 13. The fourth-order valence-electron chi connectivity index (χ4n) is 6.57. The molecule has 16 nitrogen and oxygen atoms in total. The predicted octanol–water partition coefficient (Wildman–Crippen LogP) is 6.57. The van der Waals surface area contributed by atoms with Crippen molar-refractivity contribution in [2.24, 2.45) is 17.8 Å². The van der Waals surface area contributed by atoms with Gasteiger partial charge in [0.1, 0.15) is 12.7 Å². The van der Waals surface area contributed by atoms with Crippen molar-refractivity contribution >= 4 is 27.6 Å². The molecule has 1 aliphatic carbocycles. The number of allylic oxidation sites excluding steroid dienone is 1. The van der Waals surface area contributed by atoms with Gasteiger partial charge in [-0.25, -0.2) is 9.13 Å². The van der Waals surface area contributed by atoms with Crippen LogP contribution in [0, 0.1) is 17.8 Å². The molecule has 1 aliphatic rings. The van der Waals surface area contributed by atoms with E-state index in [0.29, 0.717) is 19.3 Å². The van der Waals surface area contributed by atoms with Gasteiger partial charge >= 0.3 is 27.6 Å². The molecule has 1 saturated carbocycles. The number of carbonyl (C=O) groups excluding carboxylic acids is 2. The first-order chi connectivity index (χ1) is 27.4. The van der Waals surface area contributed by atoms with E-state index >= 15 is 0 Å². The molecule has 340 valence electrons. The molecule has 0 radical (unpaired) electrons. The van der Waals surface area contributed by atoms with Crippen molar-refractivity contribution < 1.29 is 76.9 Å². The third-order valence-electron chi connectivity index (χ3n) is 9.86. The molecule has 0 aromatic rings. The first kappa shape index (κ1) is 54.5. The Morgan fingerprint density at radius 2 is 1.31 bits per heavy atom. The summed E-state index contributed by atoms with van der Waals surface area (Å²) in [6, 6.07) is 0. The number of rotatable bonds is 35. The minimum Gasteiger partial charge on any atom is -0.462 e. The zero-order valence-corrected chi connectivity index (χ0v) is 36.7. The second-order valence-electron chi connectivity index (χ2n) is 15.7. The standard InChI is InChI=1S/C40H74O16P2/c1-4-5-14-20-32(41)24-25-36-35(37(43)26-38(36)44)21-17-18-23-40(46)56-34(30-55-58(50,51)54-28-33(42)27-53-57(47,48)49)29-52-39(45)22-16-13-11-9-7-6-8-10-12-15-19-31(2)3/h17-18,24-25,31-38,41-44H,4-16,19-23,26-30H2,1-3H3,(H,50,51)(H2,47,48,49)/b18-17-,25-24+/t32-,33+,34-,35+,36-,37+,38-/m1/s1. The Morgan fingerprint density at radius 3 is 1.93 bits per heavy atom. The van der Waals surface area contributed by atoms with Crippen LogP contribution in [-0.2, 0) is 41.8 Å². The van der Waals surface area contributed by atoms with Gasteiger partial charge < -0.3 is 44.6 Å². The Hall–Kier alpha value is -1.52. The number of unbranched alkanes of at least 4 members (excludes halogenated alkanes) is 11. The molecule has 0 bridgehead atoms. The summed E-state index contributed by atoms with van der Waals surface area (Å²) >= 11 is 0. The number of esters is 2. The van der Waals surface area contributed by atoms with Crippen LogP contribution in [-0.4, -0.2) is 104 Å². The van der Waals surface area contributed by atoms with Gasteiger partial charge in [-0.1, -0.05) is 129 Å². The van der Waals surface area contributed by atoms with E-state index in [0.717, 1.165) is 50.9 Å². The molecule has 1 fully saturated rings. The highest BCUT2D eigenvalue weighted by atomic mass is 31.2. The summed E-state index contributed by atoms with van der Waals surface area (Å²) in [6.45, 7) is 3.55. The molecule has 0 spiro atoms. The highest BCUT2D eigenvalue weighted by molar-refractivity contribution is 7.47. The van der Waals surface area contributed by atoms with Crippen molar-refractivity contribution in [2.75, 3.05) is 26.4 Å². The molecule has 1 rings (SSSR count). The number of ether oxygens (including phenoxy) is 2. The van der Waals surface area contributed by atoms with E-state index < -0.39 is 84.5 Å². The van der Waals surface area contributed by atoms with Crippen molar-refractivity contribution in [3.8, 4) is 0 Å². The molecule has 8 atom stereocenters. The van der Waals surface area contributed by atoms with Gasteiger partial charge in [0.15, 0.2) is 6.10 Å². The Balaban J connectivity index is 2.66. The average Bonchev–Trinajstić information content (AvgIpc) is 3.42. The number of phosphoric acid groups is 2. The van der Waals surface area contributed by atoms with Crippen LogP contribution in [0.5, 0.6) is 0 Å². The molecular weight excluding hydrogens is 798 g/mol. The summed E-state index contributed by atoms with van der Waals surface area (Å²) in [6.07, 6.45) is 17.5. The van der Waals surface area contributed by atoms with Crippen molar-refractivity contribution in [3.05, 3.63) is 24.3 Å². The number of aliphatic hydroxyl groups excluding tert-OH is 4. The van der Waals surface area contributed by atoms with E-state index in [1.54, 1.807) is 18.2 Å². The van der Waals surface area contributed by atoms with Crippen LogP contribution < -0.4 is 0 Å². The highest BCUT2D eigenvalue weighted by Crippen LogP contribution is 2.44. The van der Waals surface area contributed by atoms with Crippen LogP contribution in [0.25, 0.3) is 0 Å². The third kappa shape index (κ3) is 28.9. The predicted molar refractivity (Wildman–Crippen MR) is 218 cm³/mol. The maximum Gasteiger partial charge on any atom is 0.472 e. The van der Waals surface area contributed by atoms with Gasteiger partial charge in [0.2, 0.25) is 0 Å². The summed E-state index contributed by atoms with van der Waals surface area (Å²) in [4.78, 5) is 52.9. The second-order valence-corrected chi connectivity index (χ2v) is 18.4. The smallest absolute Gasteiger partial charge is 0.462 e. The Kier molecular flexibility index (Phi) is 29.5. The number of phosphoric ester groups is 2. The lowest BCUT2D eigenvalue weighted by atomic mass is 9.89. The maximum atomic E-state index is 12.8. The molecule has 0 amide bonds. The fourth-order valence-corrected chi connectivity index (χ4v) is 7.72. The summed E-state index contributed by atoms with van der Waals surface area (Å²) in [5.74, 6) is -1.32. The van der Waals surface area contributed by atoms with E-state index in [1.165, 1.54) is 44.6 Å². The number of hydrogen-bond donors (Lipinski definition) is 7. The summed E-state index contributed by atoms with van der Waals surface area (Å²) in [5.41, 5.74) is 0. The van der Waals surface area contributed by atoms with Crippen molar-refractivity contribution in [1.82, 2.24) is 0 Å². The first-order valence-corrected chi connectivity index (χ1v) is 24.2. The molecule has 18 heteroatoms. The normalized spacial score (nSPS) is 21.4. The molecule has 7 N–H and O–H groups in total. The summed E-state index contributed by atoms with van der Waals surface area (Å²) < 4.78 is 47.7. The molecular formula is C40H74O16P2. The van der Waals surface area contributed by atoms with Gasteiger partial charge in [-0.05, 0) is 31.1 Å². The lowest BCUT2D eigenvalue weighted by Crippen LogP contribution is -2.29. The van der Waals surface area contributed by atoms with Gasteiger partial charge in [-0.15, -0.1) is 0 Å². The van der Waals surface area contributed by atoms with Gasteiger partial charge in [0, 0.05) is 18.8 Å². The summed E-state index contributed by atoms with van der Waals surface area (Å²) in [5, 5.41) is 41.1. The topological polar surface area (TPSA) is 256 Å². The lowest BCUT2D eigenvalue weighted by molar-refractivity contribution is -0.160. The first-order valence-electron chi connectivity index (χ1n) is 21.1. The van der Waals surface area contributed by atoms with E-state index in [2.05, 4.69) is 29.8 Å². The lowest BCUT2D eigenvalue weighted by Gasteiger charge is -2.20. The van der Waals surface area contributed by atoms with Crippen molar-refractivity contribution in [3.63, 3.8) is 0 Å². The largest absolute Gasteiger partial charge is 0.472 e. The molecule has 0 saturated heterocycles. The summed E-state index contributed by atoms with van der Waals surface area (Å²) in [7, 11) is -9.80. The SMILES string of the molecule is CCCCC[C@@H](O)/C=C/[C@@H]1[C@H](C/C=C\CC(=O)O[C@H](COC(=O)CCCCCCCCCCCCC(C)C)COP(=O)(O)OC[C@@H](O)COP(=O)(O)O)[C@@H](O)C[C@H]1O. The Morgan fingerprint density at radius 1 is 0.724 bits per heavy atom. The number of aliphatic hydroxyl groups is 4. The molecule has 0 aromatic heterocycles. The molecule has 58 heavy (non-hydrogen) atoms. The van der Waals surface area contributed by atoms with Gasteiger partial charge in [-0.3, -0.25) is 23.2 Å². The monoisotopic (exact) mass is 872 g/mol. The maximum absolute atomic E-state index is 12.8. The van der Waals surface area contributed by atoms with Gasteiger partial charge in [-0.2, -0.15) is 0 Å². The second kappa shape index (κ2) is 31.3. The van der Waals surface area contributed by atoms with Gasteiger partial charge in [0.25, 0.3) is 0 Å². The van der Waals surface area contributed by atoms with Crippen LogP contribution in [0.1, 0.15) is 143 Å². The van der Waals surface area contributed by atoms with Crippen LogP contribution in [0.3, 0.4) is 0 Å². The quantitative estimate of drug-likeness (QED) is 0.0154. The van der Waals surface area contributed by atoms with Crippen molar-refractivity contribution in [2.45, 2.75) is 173 Å².